The Bertz CT molecular complexity index is 755. The maximum Gasteiger partial charge on any atom is 0.371 e. The van der Waals surface area contributed by atoms with Gasteiger partial charge in [-0.1, -0.05) is 38.5 Å². The van der Waals surface area contributed by atoms with Crippen molar-refractivity contribution in [1.82, 2.24) is 9.91 Å². The van der Waals surface area contributed by atoms with E-state index in [9.17, 15) is 29.2 Å². The lowest BCUT2D eigenvalue weighted by Crippen LogP contribution is -3.21. The molecular formula is C24H38N6O6. The summed E-state index contributed by atoms with van der Waals surface area (Å²) in [5, 5.41) is 13.9. The van der Waals surface area contributed by atoms with Crippen LogP contribution in [0.1, 0.15) is 83.5 Å². The van der Waals surface area contributed by atoms with E-state index in [4.69, 9.17) is 0 Å². The SMILES string of the molecule is O=C=NCCCCCCC1C(=O)N(CCCCCCN=C=O)C(=O)N(CCCCCCN=C=O)[NH+]1[O-]. The van der Waals surface area contributed by atoms with Crippen LogP contribution in [0.15, 0.2) is 15.0 Å². The van der Waals surface area contributed by atoms with E-state index in [0.29, 0.717) is 45.3 Å². The number of quaternary nitrogens is 1. The van der Waals surface area contributed by atoms with Gasteiger partial charge in [-0.3, -0.25) is 14.9 Å². The van der Waals surface area contributed by atoms with E-state index in [0.717, 1.165) is 57.8 Å². The summed E-state index contributed by atoms with van der Waals surface area (Å²) in [6.07, 6.45) is 13.8. The van der Waals surface area contributed by atoms with Crippen LogP contribution in [0.5, 0.6) is 0 Å². The third kappa shape index (κ3) is 12.1. The molecule has 0 aromatic carbocycles. The van der Waals surface area contributed by atoms with Crippen molar-refractivity contribution in [2.45, 2.75) is 89.5 Å². The Balaban J connectivity index is 2.66. The van der Waals surface area contributed by atoms with Crippen molar-refractivity contribution in [3.05, 3.63) is 5.21 Å². The van der Waals surface area contributed by atoms with Crippen LogP contribution in [-0.4, -0.2) is 78.9 Å². The molecule has 2 unspecified atom stereocenters. The summed E-state index contributed by atoms with van der Waals surface area (Å²) in [7, 11) is 0. The van der Waals surface area contributed by atoms with Gasteiger partial charge in [0.25, 0.3) is 5.91 Å². The van der Waals surface area contributed by atoms with Crippen LogP contribution in [0.2, 0.25) is 0 Å². The number of nitrogens with zero attached hydrogens (tertiary/aromatic N) is 5. The van der Waals surface area contributed by atoms with Crippen LogP contribution < -0.4 is 5.17 Å². The number of hydroxylamine groups is 1. The van der Waals surface area contributed by atoms with E-state index < -0.39 is 23.2 Å². The second-order valence-electron chi connectivity index (χ2n) is 8.77. The van der Waals surface area contributed by atoms with Gasteiger partial charge in [0, 0.05) is 13.0 Å². The Labute approximate surface area is 212 Å². The molecule has 3 amide bonds. The second kappa shape index (κ2) is 20.2. The number of urea groups is 1. The van der Waals surface area contributed by atoms with Crippen molar-refractivity contribution in [2.24, 2.45) is 15.0 Å². The van der Waals surface area contributed by atoms with Crippen LogP contribution in [0.4, 0.5) is 4.79 Å². The Hall–Kier alpha value is -3.00. The molecule has 0 aromatic rings. The number of carbonyl (C=O) groups is 2. The molecule has 200 valence electrons. The van der Waals surface area contributed by atoms with Gasteiger partial charge in [0.15, 0.2) is 6.04 Å². The smallest absolute Gasteiger partial charge is 0.371 e. The van der Waals surface area contributed by atoms with E-state index in [2.05, 4.69) is 15.0 Å². The topological polar surface area (TPSA) is 156 Å². The molecule has 1 aliphatic heterocycles. The number of unbranched alkanes of at least 4 members (excludes halogenated alkanes) is 9. The number of amides is 3. The van der Waals surface area contributed by atoms with Crippen LogP contribution in [0.3, 0.4) is 0 Å². The van der Waals surface area contributed by atoms with Crippen molar-refractivity contribution in [3.8, 4) is 0 Å². The van der Waals surface area contributed by atoms with Gasteiger partial charge in [-0.15, -0.1) is 0 Å². The number of aliphatic imine (C=N–C) groups is 3. The van der Waals surface area contributed by atoms with Gasteiger partial charge in [0.05, 0.1) is 26.2 Å². The fraction of sp³-hybridized carbons (Fsp3) is 0.792. The molecule has 0 aromatic heterocycles. The lowest BCUT2D eigenvalue weighted by Gasteiger charge is -2.45. The van der Waals surface area contributed by atoms with Gasteiger partial charge < -0.3 is 5.21 Å². The summed E-state index contributed by atoms with van der Waals surface area (Å²) >= 11 is 0. The monoisotopic (exact) mass is 506 g/mol. The number of isocyanates is 3. The summed E-state index contributed by atoms with van der Waals surface area (Å²) in [6, 6.07) is -1.41. The first-order chi connectivity index (χ1) is 17.6. The number of imide groups is 1. The van der Waals surface area contributed by atoms with Crippen LogP contribution >= 0.6 is 0 Å². The molecule has 1 rings (SSSR count). The first kappa shape index (κ1) is 31.0. The number of rotatable bonds is 21. The highest BCUT2D eigenvalue weighted by Crippen LogP contribution is 2.14. The summed E-state index contributed by atoms with van der Waals surface area (Å²) in [5.41, 5.74) is 0. The van der Waals surface area contributed by atoms with E-state index in [-0.39, 0.29) is 13.1 Å². The minimum Gasteiger partial charge on any atom is -0.607 e. The molecule has 0 radical (unpaired) electrons. The van der Waals surface area contributed by atoms with Gasteiger partial charge in [-0.05, 0) is 38.5 Å². The highest BCUT2D eigenvalue weighted by atomic mass is 16.6. The summed E-state index contributed by atoms with van der Waals surface area (Å²) in [5.74, 6) is -0.427. The van der Waals surface area contributed by atoms with Gasteiger partial charge in [0.1, 0.15) is 0 Å². The first-order valence-corrected chi connectivity index (χ1v) is 12.9. The number of hydrogen-bond acceptors (Lipinski definition) is 9. The van der Waals surface area contributed by atoms with Crippen molar-refractivity contribution in [2.75, 3.05) is 32.7 Å². The Morgan fingerprint density at radius 3 is 1.61 bits per heavy atom. The van der Waals surface area contributed by atoms with Crippen LogP contribution in [-0.2, 0) is 19.2 Å². The second-order valence-corrected chi connectivity index (χ2v) is 8.77. The third-order valence-electron chi connectivity index (χ3n) is 6.10. The van der Waals surface area contributed by atoms with Crippen molar-refractivity contribution >= 4 is 30.2 Å². The molecule has 2 atom stereocenters. The molecule has 0 spiro atoms. The highest BCUT2D eigenvalue weighted by molar-refractivity contribution is 5.97. The fourth-order valence-corrected chi connectivity index (χ4v) is 4.13. The molecule has 36 heavy (non-hydrogen) atoms. The van der Waals surface area contributed by atoms with Crippen LogP contribution in [0.25, 0.3) is 0 Å². The number of hydrogen-bond donors (Lipinski definition) is 1. The Morgan fingerprint density at radius 1 is 0.667 bits per heavy atom. The van der Waals surface area contributed by atoms with E-state index >= 15 is 0 Å². The zero-order chi connectivity index (χ0) is 26.4. The first-order valence-electron chi connectivity index (χ1n) is 12.9. The largest absolute Gasteiger partial charge is 0.607 e. The molecule has 0 aliphatic carbocycles. The molecule has 1 saturated heterocycles. The van der Waals surface area contributed by atoms with Gasteiger partial charge >= 0.3 is 6.03 Å². The average Bonchev–Trinajstić information content (AvgIpc) is 2.87. The minimum absolute atomic E-state index is 0.252. The Morgan fingerprint density at radius 2 is 1.11 bits per heavy atom. The molecule has 1 fully saturated rings. The zero-order valence-corrected chi connectivity index (χ0v) is 21.0. The summed E-state index contributed by atoms with van der Waals surface area (Å²) < 4.78 is 0. The van der Waals surface area contributed by atoms with Crippen LogP contribution in [0, 0.1) is 5.21 Å². The molecule has 1 N–H and O–H groups in total. The maximum absolute atomic E-state index is 13.1. The highest BCUT2D eigenvalue weighted by Gasteiger charge is 2.44. The molecule has 1 aliphatic rings. The molecule has 1 heterocycles. The van der Waals surface area contributed by atoms with Gasteiger partial charge in [-0.2, -0.15) is 5.01 Å². The predicted octanol–water partition coefficient (Wildman–Crippen LogP) is 2.00. The lowest BCUT2D eigenvalue weighted by molar-refractivity contribution is -0.976. The maximum atomic E-state index is 13.1. The molecule has 0 saturated carbocycles. The van der Waals surface area contributed by atoms with Gasteiger partial charge in [-0.25, -0.2) is 34.2 Å². The Kier molecular flexibility index (Phi) is 17.4. The fourth-order valence-electron chi connectivity index (χ4n) is 4.13. The molecular weight excluding hydrogens is 468 g/mol. The van der Waals surface area contributed by atoms with E-state index in [1.165, 1.54) is 28.1 Å². The zero-order valence-electron chi connectivity index (χ0n) is 21.0. The van der Waals surface area contributed by atoms with E-state index in [1.807, 2.05) is 0 Å². The van der Waals surface area contributed by atoms with E-state index in [1.54, 1.807) is 0 Å². The van der Waals surface area contributed by atoms with Gasteiger partial charge in [0.2, 0.25) is 18.2 Å². The minimum atomic E-state index is -0.862. The standard InChI is InChI=1S/C24H38N6O6/c31-19-25-14-8-2-1-7-13-22-23(34)28(17-11-5-3-9-15-26-20-32)24(35)29(30(22)36)18-12-6-4-10-16-27-21-33/h22,30H,1-18H2. The van der Waals surface area contributed by atoms with Crippen molar-refractivity contribution < 1.29 is 29.1 Å². The predicted molar refractivity (Wildman–Crippen MR) is 131 cm³/mol. The third-order valence-corrected chi connectivity index (χ3v) is 6.10. The molecule has 12 nitrogen and oxygen atoms in total. The number of carbonyl (C=O) groups excluding carboxylic acids is 5. The van der Waals surface area contributed by atoms with Crippen molar-refractivity contribution in [3.63, 3.8) is 0 Å². The number of nitrogens with one attached hydrogen (secondary N) is 1. The normalized spacial score (nSPS) is 17.4. The van der Waals surface area contributed by atoms with Crippen molar-refractivity contribution in [1.29, 1.82) is 0 Å². The molecule has 12 heteroatoms. The quantitative estimate of drug-likeness (QED) is 0.109. The summed E-state index contributed by atoms with van der Waals surface area (Å²) in [6.45, 7) is 1.76. The molecule has 0 bridgehead atoms. The lowest BCUT2D eigenvalue weighted by atomic mass is 10.0. The average molecular weight is 507 g/mol. The summed E-state index contributed by atoms with van der Waals surface area (Å²) in [4.78, 5) is 68.2.